The van der Waals surface area contributed by atoms with Gasteiger partial charge in [0.05, 0.1) is 5.92 Å². The van der Waals surface area contributed by atoms with Crippen molar-refractivity contribution >= 4 is 11.8 Å². The van der Waals surface area contributed by atoms with Gasteiger partial charge in [0.25, 0.3) is 0 Å². The Labute approximate surface area is 139 Å². The van der Waals surface area contributed by atoms with Crippen LogP contribution >= 0.6 is 0 Å². The Morgan fingerprint density at radius 1 is 1.13 bits per heavy atom. The molecule has 130 valence electrons. The van der Waals surface area contributed by atoms with Crippen LogP contribution in [0.25, 0.3) is 0 Å². The fourth-order valence-corrected chi connectivity index (χ4v) is 4.06. The number of amides is 2. The van der Waals surface area contributed by atoms with Crippen molar-refractivity contribution < 1.29 is 9.59 Å². The maximum atomic E-state index is 12.5. The van der Waals surface area contributed by atoms with Crippen LogP contribution in [0.2, 0.25) is 0 Å². The summed E-state index contributed by atoms with van der Waals surface area (Å²) >= 11 is 0. The Kier molecular flexibility index (Phi) is 5.24. The molecule has 0 spiro atoms. The van der Waals surface area contributed by atoms with Gasteiger partial charge in [0.15, 0.2) is 0 Å². The number of hydrogen-bond donors (Lipinski definition) is 1. The number of nitrogens with zero attached hydrogens (tertiary/aromatic N) is 2. The monoisotopic (exact) mass is 321 g/mol. The van der Waals surface area contributed by atoms with Gasteiger partial charge in [-0.25, -0.2) is 0 Å². The highest BCUT2D eigenvalue weighted by Crippen LogP contribution is 2.32. The Hall–Kier alpha value is -1.10. The zero-order chi connectivity index (χ0) is 16.4. The van der Waals surface area contributed by atoms with Gasteiger partial charge >= 0.3 is 0 Å². The van der Waals surface area contributed by atoms with Crippen molar-refractivity contribution in [2.75, 3.05) is 33.7 Å². The first-order valence-corrected chi connectivity index (χ1v) is 9.24. The maximum Gasteiger partial charge on any atom is 0.225 e. The highest BCUT2D eigenvalue weighted by Gasteiger charge is 2.37. The Balaban J connectivity index is 1.40. The summed E-state index contributed by atoms with van der Waals surface area (Å²) in [5, 5.41) is 3.21. The van der Waals surface area contributed by atoms with Gasteiger partial charge in [0, 0.05) is 32.1 Å². The van der Waals surface area contributed by atoms with Crippen LogP contribution < -0.4 is 5.32 Å². The Morgan fingerprint density at radius 2 is 1.78 bits per heavy atom. The van der Waals surface area contributed by atoms with E-state index in [-0.39, 0.29) is 17.7 Å². The minimum absolute atomic E-state index is 0.104. The zero-order valence-corrected chi connectivity index (χ0v) is 14.6. The lowest BCUT2D eigenvalue weighted by molar-refractivity contribution is -0.129. The van der Waals surface area contributed by atoms with Crippen LogP contribution in [0.4, 0.5) is 0 Å². The standard InChI is InChI=1S/C18H31N3O2/c1-20(2)10-13-5-7-16(8-6-13)19-18(23)15-9-17(22)21(12-15)11-14-3-4-14/h13-16H,3-12H2,1-2H3,(H,19,23)/t13?,15-,16?/m0/s1. The number of hydrogen-bond acceptors (Lipinski definition) is 3. The highest BCUT2D eigenvalue weighted by molar-refractivity contribution is 5.89. The third-order valence-corrected chi connectivity index (χ3v) is 5.58. The lowest BCUT2D eigenvalue weighted by Crippen LogP contribution is -2.42. The molecule has 3 rings (SSSR count). The molecule has 1 heterocycles. The van der Waals surface area contributed by atoms with Crippen molar-refractivity contribution in [3.8, 4) is 0 Å². The molecule has 3 aliphatic rings. The second kappa shape index (κ2) is 7.20. The molecule has 2 saturated carbocycles. The third kappa shape index (κ3) is 4.69. The molecule has 1 N–H and O–H groups in total. The first-order chi connectivity index (χ1) is 11.0. The summed E-state index contributed by atoms with van der Waals surface area (Å²) < 4.78 is 0. The molecule has 2 amide bonds. The molecule has 5 nitrogen and oxygen atoms in total. The molecule has 2 aliphatic carbocycles. The van der Waals surface area contributed by atoms with Crippen molar-refractivity contribution in [2.45, 2.75) is 51.0 Å². The molecule has 0 aromatic rings. The number of rotatable bonds is 6. The van der Waals surface area contributed by atoms with Gasteiger partial charge in [-0.2, -0.15) is 0 Å². The predicted molar refractivity (Wildman–Crippen MR) is 89.9 cm³/mol. The number of likely N-dealkylation sites (tertiary alicyclic amines) is 1. The molecule has 3 fully saturated rings. The molecule has 1 aliphatic heterocycles. The van der Waals surface area contributed by atoms with E-state index in [1.54, 1.807) is 0 Å². The van der Waals surface area contributed by atoms with E-state index in [9.17, 15) is 9.59 Å². The third-order valence-electron chi connectivity index (χ3n) is 5.58. The summed E-state index contributed by atoms with van der Waals surface area (Å²) in [6, 6.07) is 0.313. The van der Waals surface area contributed by atoms with E-state index in [2.05, 4.69) is 24.3 Å². The molecule has 5 heteroatoms. The molecule has 1 atom stereocenters. The lowest BCUT2D eigenvalue weighted by Gasteiger charge is -2.31. The summed E-state index contributed by atoms with van der Waals surface area (Å²) in [5.41, 5.74) is 0. The van der Waals surface area contributed by atoms with Crippen LogP contribution in [-0.4, -0.2) is 61.4 Å². The molecule has 0 aromatic heterocycles. The largest absolute Gasteiger partial charge is 0.353 e. The van der Waals surface area contributed by atoms with E-state index in [1.807, 2.05) is 4.90 Å². The van der Waals surface area contributed by atoms with Crippen LogP contribution in [0.15, 0.2) is 0 Å². The van der Waals surface area contributed by atoms with Gasteiger partial charge in [-0.3, -0.25) is 9.59 Å². The summed E-state index contributed by atoms with van der Waals surface area (Å²) in [6.45, 7) is 2.66. The zero-order valence-electron chi connectivity index (χ0n) is 14.6. The normalized spacial score (nSPS) is 31.7. The summed E-state index contributed by atoms with van der Waals surface area (Å²) in [7, 11) is 4.25. The second-order valence-electron chi connectivity index (χ2n) is 8.13. The highest BCUT2D eigenvalue weighted by atomic mass is 16.2. The molecule has 0 aromatic carbocycles. The molecular formula is C18H31N3O2. The van der Waals surface area contributed by atoms with Gasteiger partial charge in [0.1, 0.15) is 0 Å². The molecule has 0 unspecified atom stereocenters. The van der Waals surface area contributed by atoms with Crippen molar-refractivity contribution in [1.29, 1.82) is 0 Å². The fraction of sp³-hybridized carbons (Fsp3) is 0.889. The number of carbonyl (C=O) groups is 2. The van der Waals surface area contributed by atoms with Gasteiger partial charge in [-0.15, -0.1) is 0 Å². The Morgan fingerprint density at radius 3 is 2.39 bits per heavy atom. The lowest BCUT2D eigenvalue weighted by atomic mass is 9.85. The number of carbonyl (C=O) groups excluding carboxylic acids is 2. The first kappa shape index (κ1) is 16.7. The van der Waals surface area contributed by atoms with Gasteiger partial charge in [-0.05, 0) is 64.5 Å². The van der Waals surface area contributed by atoms with Gasteiger partial charge < -0.3 is 15.1 Å². The molecule has 0 bridgehead atoms. The Bertz CT molecular complexity index is 440. The SMILES string of the molecule is CN(C)CC1CCC(NC(=O)[C@H]2CC(=O)N(CC3CC3)C2)CC1. The van der Waals surface area contributed by atoms with Crippen LogP contribution in [0.3, 0.4) is 0 Å². The summed E-state index contributed by atoms with van der Waals surface area (Å²) in [5.74, 6) is 1.62. The van der Waals surface area contributed by atoms with Crippen molar-refractivity contribution in [1.82, 2.24) is 15.1 Å². The van der Waals surface area contributed by atoms with Crippen LogP contribution in [0.5, 0.6) is 0 Å². The van der Waals surface area contributed by atoms with Crippen LogP contribution in [0.1, 0.15) is 44.9 Å². The predicted octanol–water partition coefficient (Wildman–Crippen LogP) is 1.48. The van der Waals surface area contributed by atoms with Crippen molar-refractivity contribution in [2.24, 2.45) is 17.8 Å². The van der Waals surface area contributed by atoms with E-state index in [1.165, 1.54) is 25.7 Å². The van der Waals surface area contributed by atoms with Crippen molar-refractivity contribution in [3.05, 3.63) is 0 Å². The van der Waals surface area contributed by atoms with E-state index in [4.69, 9.17) is 0 Å². The van der Waals surface area contributed by atoms with Gasteiger partial charge in [0.2, 0.25) is 11.8 Å². The molecule has 0 radical (unpaired) electrons. The first-order valence-electron chi connectivity index (χ1n) is 9.24. The summed E-state index contributed by atoms with van der Waals surface area (Å²) in [4.78, 5) is 28.7. The average Bonchev–Trinajstić information content (AvgIpc) is 3.23. The fourth-order valence-electron chi connectivity index (χ4n) is 4.06. The van der Waals surface area contributed by atoms with E-state index < -0.39 is 0 Å². The van der Waals surface area contributed by atoms with Crippen LogP contribution in [0, 0.1) is 17.8 Å². The van der Waals surface area contributed by atoms with E-state index in [0.717, 1.165) is 31.8 Å². The quantitative estimate of drug-likeness (QED) is 0.806. The smallest absolute Gasteiger partial charge is 0.225 e. The van der Waals surface area contributed by atoms with Gasteiger partial charge in [-0.1, -0.05) is 0 Å². The van der Waals surface area contributed by atoms with Crippen LogP contribution in [-0.2, 0) is 9.59 Å². The summed E-state index contributed by atoms with van der Waals surface area (Å²) in [6.07, 6.45) is 7.46. The van der Waals surface area contributed by atoms with E-state index in [0.29, 0.717) is 24.9 Å². The minimum Gasteiger partial charge on any atom is -0.353 e. The topological polar surface area (TPSA) is 52.7 Å². The number of nitrogens with one attached hydrogen (secondary N) is 1. The second-order valence-corrected chi connectivity index (χ2v) is 8.13. The molecule has 1 saturated heterocycles. The maximum absolute atomic E-state index is 12.5. The average molecular weight is 321 g/mol. The molecular weight excluding hydrogens is 290 g/mol. The minimum atomic E-state index is -0.124. The van der Waals surface area contributed by atoms with Crippen molar-refractivity contribution in [3.63, 3.8) is 0 Å². The van der Waals surface area contributed by atoms with E-state index >= 15 is 0 Å². The molecule has 23 heavy (non-hydrogen) atoms.